The molecular formula is C24H33N3O3. The van der Waals surface area contributed by atoms with Crippen LogP contribution in [0, 0.1) is 5.92 Å². The van der Waals surface area contributed by atoms with Crippen LogP contribution in [-0.2, 0) is 22.7 Å². The standard InChI is InChI=1S/C24H33N3O3/c1-16(2)11-22(23(28)26(3)4)25-21(24(29)30)9-10-27-14-19-12-17-7-5-6-8-18(17)13-20(19)15-27/h5-8,12-13,16,21-22,25H,9-11,14-15H2,1-4H3,(H,29,30)/t21-,22+/m1/s1. The number of amides is 1. The fourth-order valence-electron chi connectivity index (χ4n) is 4.18. The molecule has 1 amide bonds. The maximum Gasteiger partial charge on any atom is 0.320 e. The number of benzene rings is 2. The molecule has 0 bridgehead atoms. The fourth-order valence-corrected chi connectivity index (χ4v) is 4.18. The number of aliphatic carboxylic acids is 1. The third-order valence-corrected chi connectivity index (χ3v) is 5.74. The monoisotopic (exact) mass is 411 g/mol. The Bertz CT molecular complexity index is 865. The molecule has 2 N–H and O–H groups in total. The first kappa shape index (κ1) is 22.2. The molecule has 0 saturated heterocycles. The van der Waals surface area contributed by atoms with Crippen LogP contribution >= 0.6 is 0 Å². The molecule has 1 heterocycles. The molecule has 1 aliphatic rings. The molecule has 3 rings (SSSR count). The average molecular weight is 412 g/mol. The minimum atomic E-state index is -0.905. The van der Waals surface area contributed by atoms with Gasteiger partial charge in [-0.1, -0.05) is 38.1 Å². The highest BCUT2D eigenvalue weighted by molar-refractivity contribution is 5.84. The van der Waals surface area contributed by atoms with E-state index in [9.17, 15) is 14.7 Å². The first-order valence-electron chi connectivity index (χ1n) is 10.7. The minimum Gasteiger partial charge on any atom is -0.480 e. The van der Waals surface area contributed by atoms with Crippen molar-refractivity contribution < 1.29 is 14.7 Å². The van der Waals surface area contributed by atoms with Crippen molar-refractivity contribution >= 4 is 22.6 Å². The molecule has 0 aliphatic carbocycles. The number of nitrogens with zero attached hydrogens (tertiary/aromatic N) is 2. The summed E-state index contributed by atoms with van der Waals surface area (Å²) in [6.45, 7) is 6.41. The lowest BCUT2D eigenvalue weighted by atomic mass is 10.0. The number of carboxylic acids is 1. The summed E-state index contributed by atoms with van der Waals surface area (Å²) in [5, 5.41) is 15.3. The van der Waals surface area contributed by atoms with Crippen molar-refractivity contribution in [3.8, 4) is 0 Å². The van der Waals surface area contributed by atoms with Gasteiger partial charge in [-0.05, 0) is 52.8 Å². The van der Waals surface area contributed by atoms with Gasteiger partial charge in [-0.2, -0.15) is 0 Å². The van der Waals surface area contributed by atoms with Crippen molar-refractivity contribution in [2.75, 3.05) is 20.6 Å². The van der Waals surface area contributed by atoms with Gasteiger partial charge >= 0.3 is 5.97 Å². The second-order valence-corrected chi connectivity index (χ2v) is 8.94. The van der Waals surface area contributed by atoms with E-state index in [4.69, 9.17) is 0 Å². The number of fused-ring (bicyclic) bond motifs is 2. The van der Waals surface area contributed by atoms with Gasteiger partial charge in [0, 0.05) is 33.7 Å². The van der Waals surface area contributed by atoms with E-state index in [1.807, 2.05) is 26.0 Å². The maximum absolute atomic E-state index is 12.5. The van der Waals surface area contributed by atoms with E-state index in [-0.39, 0.29) is 5.91 Å². The summed E-state index contributed by atoms with van der Waals surface area (Å²) in [7, 11) is 3.41. The van der Waals surface area contributed by atoms with Crippen LogP contribution in [-0.4, -0.2) is 59.5 Å². The van der Waals surface area contributed by atoms with Crippen LogP contribution in [0.25, 0.3) is 10.8 Å². The molecular weight excluding hydrogens is 378 g/mol. The van der Waals surface area contributed by atoms with Crippen LogP contribution in [0.4, 0.5) is 0 Å². The zero-order valence-corrected chi connectivity index (χ0v) is 18.4. The third-order valence-electron chi connectivity index (χ3n) is 5.74. The van der Waals surface area contributed by atoms with E-state index in [0.29, 0.717) is 25.3 Å². The number of hydrogen-bond donors (Lipinski definition) is 2. The van der Waals surface area contributed by atoms with Crippen molar-refractivity contribution in [2.45, 2.75) is 51.9 Å². The zero-order valence-electron chi connectivity index (χ0n) is 18.4. The van der Waals surface area contributed by atoms with Gasteiger partial charge in [0.15, 0.2) is 0 Å². The van der Waals surface area contributed by atoms with Gasteiger partial charge in [-0.3, -0.25) is 19.8 Å². The minimum absolute atomic E-state index is 0.0739. The van der Waals surface area contributed by atoms with Gasteiger partial charge in [0.05, 0.1) is 6.04 Å². The Labute approximate surface area is 178 Å². The van der Waals surface area contributed by atoms with Crippen molar-refractivity contribution in [1.82, 2.24) is 15.1 Å². The van der Waals surface area contributed by atoms with Gasteiger partial charge < -0.3 is 10.0 Å². The summed E-state index contributed by atoms with van der Waals surface area (Å²) in [6, 6.07) is 11.6. The van der Waals surface area contributed by atoms with Gasteiger partial charge in [0.25, 0.3) is 0 Å². The van der Waals surface area contributed by atoms with E-state index in [0.717, 1.165) is 13.1 Å². The lowest BCUT2D eigenvalue weighted by Gasteiger charge is -2.27. The number of carbonyl (C=O) groups is 2. The average Bonchev–Trinajstić information content (AvgIpc) is 3.08. The SMILES string of the molecule is CC(C)C[C@H](N[C@H](CCN1Cc2cc3ccccc3cc2C1)C(=O)O)C(=O)N(C)C. The second kappa shape index (κ2) is 9.58. The molecule has 6 nitrogen and oxygen atoms in total. The number of carboxylic acid groups (broad SMARTS) is 1. The summed E-state index contributed by atoms with van der Waals surface area (Å²) in [5.74, 6) is -0.684. The van der Waals surface area contributed by atoms with E-state index in [1.165, 1.54) is 26.8 Å². The molecule has 0 fully saturated rings. The molecule has 0 spiro atoms. The highest BCUT2D eigenvalue weighted by Gasteiger charge is 2.29. The lowest BCUT2D eigenvalue weighted by molar-refractivity contribution is -0.140. The molecule has 0 aromatic heterocycles. The Morgan fingerprint density at radius 3 is 2.10 bits per heavy atom. The Hall–Kier alpha value is -2.44. The lowest BCUT2D eigenvalue weighted by Crippen LogP contribution is -2.51. The molecule has 162 valence electrons. The van der Waals surface area contributed by atoms with Crippen LogP contribution in [0.3, 0.4) is 0 Å². The predicted molar refractivity (Wildman–Crippen MR) is 119 cm³/mol. The second-order valence-electron chi connectivity index (χ2n) is 8.94. The van der Waals surface area contributed by atoms with Crippen LogP contribution in [0.15, 0.2) is 36.4 Å². The smallest absolute Gasteiger partial charge is 0.320 e. The van der Waals surface area contributed by atoms with Crippen molar-refractivity contribution in [1.29, 1.82) is 0 Å². The predicted octanol–water partition coefficient (Wildman–Crippen LogP) is 3.09. The highest BCUT2D eigenvalue weighted by Crippen LogP contribution is 2.28. The van der Waals surface area contributed by atoms with Crippen molar-refractivity contribution in [3.05, 3.63) is 47.5 Å². The fraction of sp³-hybridized carbons (Fsp3) is 0.500. The Morgan fingerprint density at radius 2 is 1.63 bits per heavy atom. The molecule has 0 radical (unpaired) electrons. The normalized spacial score (nSPS) is 15.9. The van der Waals surface area contributed by atoms with Crippen LogP contribution in [0.2, 0.25) is 0 Å². The molecule has 6 heteroatoms. The summed E-state index contributed by atoms with van der Waals surface area (Å²) in [4.78, 5) is 28.2. The quantitative estimate of drug-likeness (QED) is 0.663. The first-order chi connectivity index (χ1) is 14.2. The molecule has 0 unspecified atom stereocenters. The molecule has 2 aromatic rings. The number of rotatable bonds is 9. The van der Waals surface area contributed by atoms with Gasteiger partial charge in [0.1, 0.15) is 6.04 Å². The van der Waals surface area contributed by atoms with Gasteiger partial charge in [0.2, 0.25) is 5.91 Å². The van der Waals surface area contributed by atoms with Crippen molar-refractivity contribution in [2.24, 2.45) is 5.92 Å². The summed E-state index contributed by atoms with van der Waals surface area (Å²) >= 11 is 0. The van der Waals surface area contributed by atoms with E-state index >= 15 is 0 Å². The van der Waals surface area contributed by atoms with Gasteiger partial charge in [-0.25, -0.2) is 0 Å². The molecule has 2 atom stereocenters. The maximum atomic E-state index is 12.5. The Morgan fingerprint density at radius 1 is 1.07 bits per heavy atom. The summed E-state index contributed by atoms with van der Waals surface area (Å²) in [6.07, 6.45) is 1.07. The summed E-state index contributed by atoms with van der Waals surface area (Å²) in [5.41, 5.74) is 2.63. The molecule has 2 aromatic carbocycles. The van der Waals surface area contributed by atoms with Crippen LogP contribution < -0.4 is 5.32 Å². The number of nitrogens with one attached hydrogen (secondary N) is 1. The number of hydrogen-bond acceptors (Lipinski definition) is 4. The number of carbonyl (C=O) groups excluding carboxylic acids is 1. The van der Waals surface area contributed by atoms with E-state index in [2.05, 4.69) is 34.5 Å². The highest BCUT2D eigenvalue weighted by atomic mass is 16.4. The number of likely N-dealkylation sites (N-methyl/N-ethyl adjacent to an activating group) is 1. The molecule has 1 aliphatic heterocycles. The Kier molecular flexibility index (Phi) is 7.10. The van der Waals surface area contributed by atoms with Gasteiger partial charge in [-0.15, -0.1) is 0 Å². The largest absolute Gasteiger partial charge is 0.480 e. The van der Waals surface area contributed by atoms with E-state index < -0.39 is 18.1 Å². The Balaban J connectivity index is 1.63. The van der Waals surface area contributed by atoms with Crippen LogP contribution in [0.1, 0.15) is 37.8 Å². The third kappa shape index (κ3) is 5.37. The molecule has 30 heavy (non-hydrogen) atoms. The zero-order chi connectivity index (χ0) is 21.8. The summed E-state index contributed by atoms with van der Waals surface area (Å²) < 4.78 is 0. The van der Waals surface area contributed by atoms with Crippen LogP contribution in [0.5, 0.6) is 0 Å². The van der Waals surface area contributed by atoms with E-state index in [1.54, 1.807) is 14.1 Å². The first-order valence-corrected chi connectivity index (χ1v) is 10.7. The topological polar surface area (TPSA) is 72.9 Å². The molecule has 0 saturated carbocycles. The van der Waals surface area contributed by atoms with Crippen molar-refractivity contribution in [3.63, 3.8) is 0 Å².